The van der Waals surface area contributed by atoms with E-state index in [0.29, 0.717) is 0 Å². The molecule has 2 atom stereocenters. The normalized spacial score (nSPS) is 26.5. The topological polar surface area (TPSA) is 0 Å². The Labute approximate surface area is 121 Å². The van der Waals surface area contributed by atoms with Crippen LogP contribution >= 0.6 is 0 Å². The van der Waals surface area contributed by atoms with Crippen molar-refractivity contribution in [1.82, 2.24) is 0 Å². The van der Waals surface area contributed by atoms with Gasteiger partial charge in [0.15, 0.2) is 0 Å². The van der Waals surface area contributed by atoms with E-state index in [0.717, 1.165) is 11.8 Å². The van der Waals surface area contributed by atoms with Gasteiger partial charge in [-0.25, -0.2) is 0 Å². The lowest BCUT2D eigenvalue weighted by atomic mass is 9.83. The van der Waals surface area contributed by atoms with Crippen molar-refractivity contribution in [2.45, 2.75) is 96.3 Å². The Morgan fingerprint density at radius 3 is 1.47 bits per heavy atom. The average Bonchev–Trinajstić information content (AvgIpc) is 2.62. The van der Waals surface area contributed by atoms with Crippen molar-refractivity contribution >= 4 is 0 Å². The first kappa shape index (κ1) is 15.4. The Morgan fingerprint density at radius 1 is 0.526 bits per heavy atom. The zero-order valence-corrected chi connectivity index (χ0v) is 12.9. The molecule has 0 saturated heterocycles. The second-order valence-electron chi connectivity index (χ2n) is 6.98. The predicted molar refractivity (Wildman–Crippen MR) is 84.8 cm³/mol. The molecule has 2 aliphatic rings. The highest BCUT2D eigenvalue weighted by Crippen LogP contribution is 2.32. The Kier molecular flexibility index (Phi) is 7.97. The molecule has 0 heteroatoms. The summed E-state index contributed by atoms with van der Waals surface area (Å²) >= 11 is 0. The minimum Gasteiger partial charge on any atom is -0.0530 e. The number of rotatable bonds is 2. The smallest absolute Gasteiger partial charge is 0.0386 e. The van der Waals surface area contributed by atoms with E-state index >= 15 is 0 Å². The van der Waals surface area contributed by atoms with Crippen LogP contribution in [0, 0.1) is 24.7 Å². The maximum absolute atomic E-state index is 2.54. The quantitative estimate of drug-likeness (QED) is 0.532. The predicted octanol–water partition coefficient (Wildman–Crippen LogP) is 6.51. The molecule has 0 bridgehead atoms. The molecule has 0 aromatic rings. The molecule has 0 nitrogen and oxygen atoms in total. The van der Waals surface area contributed by atoms with Crippen molar-refractivity contribution in [2.24, 2.45) is 11.8 Å². The summed E-state index contributed by atoms with van der Waals surface area (Å²) in [6.45, 7) is 0. The van der Waals surface area contributed by atoms with E-state index in [1.165, 1.54) is 89.9 Å². The molecular formula is C19H34. The van der Waals surface area contributed by atoms with Gasteiger partial charge < -0.3 is 0 Å². The van der Waals surface area contributed by atoms with E-state index in [2.05, 4.69) is 12.8 Å². The van der Waals surface area contributed by atoms with Crippen LogP contribution in [0.2, 0.25) is 0 Å². The minimum atomic E-state index is 1.06. The van der Waals surface area contributed by atoms with Crippen LogP contribution in [0.15, 0.2) is 0 Å². The van der Waals surface area contributed by atoms with E-state index in [9.17, 15) is 0 Å². The van der Waals surface area contributed by atoms with E-state index in [-0.39, 0.29) is 0 Å². The third kappa shape index (κ3) is 6.82. The van der Waals surface area contributed by atoms with Gasteiger partial charge in [-0.15, -0.1) is 0 Å². The van der Waals surface area contributed by atoms with Gasteiger partial charge in [-0.1, -0.05) is 89.9 Å². The molecule has 19 heavy (non-hydrogen) atoms. The Morgan fingerprint density at radius 2 is 0.947 bits per heavy atom. The van der Waals surface area contributed by atoms with Crippen LogP contribution in [-0.2, 0) is 0 Å². The summed E-state index contributed by atoms with van der Waals surface area (Å²) in [4.78, 5) is 0. The van der Waals surface area contributed by atoms with Gasteiger partial charge in [0.25, 0.3) is 0 Å². The SMILES string of the molecule is [CH]1CCCCC(CC2CCC[CH]CCCC2)CCC1. The molecule has 2 fully saturated rings. The molecule has 0 amide bonds. The van der Waals surface area contributed by atoms with Crippen LogP contribution in [0.4, 0.5) is 0 Å². The zero-order valence-electron chi connectivity index (χ0n) is 12.9. The molecule has 2 saturated carbocycles. The third-order valence-corrected chi connectivity index (χ3v) is 5.25. The van der Waals surface area contributed by atoms with Gasteiger partial charge >= 0.3 is 0 Å². The first-order valence-electron chi connectivity index (χ1n) is 9.08. The lowest BCUT2D eigenvalue weighted by Crippen LogP contribution is -2.10. The number of hydrogen-bond donors (Lipinski definition) is 0. The Hall–Kier alpha value is 0. The fraction of sp³-hybridized carbons (Fsp3) is 0.895. The zero-order chi connectivity index (χ0) is 13.2. The summed E-state index contributed by atoms with van der Waals surface area (Å²) in [6.07, 6.45) is 27.1. The van der Waals surface area contributed by atoms with Gasteiger partial charge in [-0.3, -0.25) is 0 Å². The lowest BCUT2D eigenvalue weighted by Gasteiger charge is -2.23. The molecule has 2 aliphatic carbocycles. The summed E-state index contributed by atoms with van der Waals surface area (Å²) in [5.41, 5.74) is 0. The van der Waals surface area contributed by atoms with E-state index < -0.39 is 0 Å². The highest BCUT2D eigenvalue weighted by molar-refractivity contribution is 4.75. The minimum absolute atomic E-state index is 1.06. The Balaban J connectivity index is 1.74. The molecule has 0 aromatic carbocycles. The van der Waals surface area contributed by atoms with E-state index in [1.54, 1.807) is 6.42 Å². The van der Waals surface area contributed by atoms with Crippen molar-refractivity contribution in [2.75, 3.05) is 0 Å². The molecule has 0 spiro atoms. The van der Waals surface area contributed by atoms with Crippen molar-refractivity contribution < 1.29 is 0 Å². The second-order valence-corrected chi connectivity index (χ2v) is 6.98. The Bertz CT molecular complexity index is 166. The molecule has 0 aliphatic heterocycles. The van der Waals surface area contributed by atoms with Crippen LogP contribution in [0.1, 0.15) is 96.3 Å². The summed E-state index contributed by atoms with van der Waals surface area (Å²) in [5, 5.41) is 0. The average molecular weight is 262 g/mol. The fourth-order valence-corrected chi connectivity index (χ4v) is 4.07. The van der Waals surface area contributed by atoms with Gasteiger partial charge in [-0.2, -0.15) is 0 Å². The van der Waals surface area contributed by atoms with E-state index in [4.69, 9.17) is 0 Å². The van der Waals surface area contributed by atoms with Crippen molar-refractivity contribution in [3.8, 4) is 0 Å². The van der Waals surface area contributed by atoms with Gasteiger partial charge in [0.05, 0.1) is 0 Å². The first-order valence-corrected chi connectivity index (χ1v) is 9.08. The maximum atomic E-state index is 2.54. The molecule has 110 valence electrons. The molecule has 0 heterocycles. The maximum Gasteiger partial charge on any atom is -0.0386 e. The van der Waals surface area contributed by atoms with Crippen molar-refractivity contribution in [3.63, 3.8) is 0 Å². The van der Waals surface area contributed by atoms with Crippen molar-refractivity contribution in [3.05, 3.63) is 12.8 Å². The van der Waals surface area contributed by atoms with Gasteiger partial charge in [0.2, 0.25) is 0 Å². The molecule has 2 rings (SSSR count). The summed E-state index contributed by atoms with van der Waals surface area (Å²) in [7, 11) is 0. The monoisotopic (exact) mass is 262 g/mol. The molecule has 0 aromatic heterocycles. The first-order chi connectivity index (χ1) is 9.45. The standard InChI is InChI=1S/C19H34/c1-2-6-10-14-18(13-9-5-1)17-19-15-11-7-3-4-8-12-16-19/h1,3,18-19H,2,4-17H2. The summed E-state index contributed by atoms with van der Waals surface area (Å²) in [5.74, 6) is 2.11. The van der Waals surface area contributed by atoms with Crippen LogP contribution < -0.4 is 0 Å². The number of hydrogen-bond acceptors (Lipinski definition) is 0. The van der Waals surface area contributed by atoms with E-state index in [1.807, 2.05) is 0 Å². The highest BCUT2D eigenvalue weighted by atomic mass is 14.2. The van der Waals surface area contributed by atoms with Crippen molar-refractivity contribution in [1.29, 1.82) is 0 Å². The van der Waals surface area contributed by atoms with Gasteiger partial charge in [0, 0.05) is 0 Å². The largest absolute Gasteiger partial charge is 0.0530 e. The van der Waals surface area contributed by atoms with Crippen LogP contribution in [0.3, 0.4) is 0 Å². The van der Waals surface area contributed by atoms with Crippen LogP contribution in [0.5, 0.6) is 0 Å². The molecule has 2 radical (unpaired) electrons. The molecule has 0 N–H and O–H groups in total. The lowest BCUT2D eigenvalue weighted by molar-refractivity contribution is 0.294. The second kappa shape index (κ2) is 9.83. The molecule has 2 unspecified atom stereocenters. The van der Waals surface area contributed by atoms with Crippen LogP contribution in [0.25, 0.3) is 0 Å². The highest BCUT2D eigenvalue weighted by Gasteiger charge is 2.17. The van der Waals surface area contributed by atoms with Gasteiger partial charge in [0.1, 0.15) is 0 Å². The summed E-state index contributed by atoms with van der Waals surface area (Å²) < 4.78 is 0. The summed E-state index contributed by atoms with van der Waals surface area (Å²) in [6, 6.07) is 0. The van der Waals surface area contributed by atoms with Gasteiger partial charge in [-0.05, 0) is 31.1 Å². The third-order valence-electron chi connectivity index (χ3n) is 5.25. The molecular weight excluding hydrogens is 228 g/mol. The van der Waals surface area contributed by atoms with Crippen LogP contribution in [-0.4, -0.2) is 0 Å². The fourth-order valence-electron chi connectivity index (χ4n) is 4.07.